The summed E-state index contributed by atoms with van der Waals surface area (Å²) in [4.78, 5) is 11.4. The highest BCUT2D eigenvalue weighted by Gasteiger charge is 2.01. The number of rotatable bonds is 5. The molecule has 3 heteroatoms. The molecule has 1 heterocycles. The first-order valence-electron chi connectivity index (χ1n) is 5.13. The molecule has 0 aromatic carbocycles. The van der Waals surface area contributed by atoms with Gasteiger partial charge in [-0.2, -0.15) is 0 Å². The number of nitrogens with one attached hydrogen (secondary N) is 1. The van der Waals surface area contributed by atoms with Gasteiger partial charge in [0.1, 0.15) is 0 Å². The Morgan fingerprint density at radius 1 is 1.50 bits per heavy atom. The molecule has 0 amide bonds. The van der Waals surface area contributed by atoms with Gasteiger partial charge in [-0.15, -0.1) is 0 Å². The first-order valence-corrected chi connectivity index (χ1v) is 5.13. The quantitative estimate of drug-likeness (QED) is 0.765. The van der Waals surface area contributed by atoms with E-state index in [4.69, 9.17) is 0 Å². The van der Waals surface area contributed by atoms with E-state index in [-0.39, 0.29) is 5.56 Å². The van der Waals surface area contributed by atoms with E-state index in [0.29, 0.717) is 6.04 Å². The minimum atomic E-state index is 0.0673. The summed E-state index contributed by atoms with van der Waals surface area (Å²) in [5, 5.41) is 3.35. The van der Waals surface area contributed by atoms with Crippen LogP contribution in [0, 0.1) is 0 Å². The van der Waals surface area contributed by atoms with Crippen molar-refractivity contribution in [1.82, 2.24) is 9.88 Å². The molecular formula is C11H18N2O. The minimum Gasteiger partial charge on any atom is -0.314 e. The molecule has 1 aromatic heterocycles. The molecule has 1 aromatic rings. The van der Waals surface area contributed by atoms with Gasteiger partial charge in [0, 0.05) is 24.8 Å². The fraction of sp³-hybridized carbons (Fsp3) is 0.545. The summed E-state index contributed by atoms with van der Waals surface area (Å²) in [5.74, 6) is 0. The van der Waals surface area contributed by atoms with E-state index in [0.717, 1.165) is 19.5 Å². The van der Waals surface area contributed by atoms with E-state index in [1.54, 1.807) is 16.7 Å². The van der Waals surface area contributed by atoms with Crippen molar-refractivity contribution in [3.63, 3.8) is 0 Å². The fourth-order valence-electron chi connectivity index (χ4n) is 1.36. The Morgan fingerprint density at radius 2 is 2.29 bits per heavy atom. The van der Waals surface area contributed by atoms with Crippen molar-refractivity contribution in [2.45, 2.75) is 32.9 Å². The molecule has 1 unspecified atom stereocenters. The van der Waals surface area contributed by atoms with Crippen LogP contribution in [-0.2, 0) is 6.54 Å². The molecule has 0 aliphatic rings. The summed E-state index contributed by atoms with van der Waals surface area (Å²) in [6.07, 6.45) is 2.94. The number of nitrogens with zero attached hydrogens (tertiary/aromatic N) is 1. The maximum absolute atomic E-state index is 11.4. The first kappa shape index (κ1) is 11.0. The average Bonchev–Trinajstić information content (AvgIpc) is 2.18. The predicted octanol–water partition coefficient (Wildman–Crippen LogP) is 1.24. The second-order valence-electron chi connectivity index (χ2n) is 3.55. The summed E-state index contributed by atoms with van der Waals surface area (Å²) >= 11 is 0. The van der Waals surface area contributed by atoms with Gasteiger partial charge >= 0.3 is 0 Å². The van der Waals surface area contributed by atoms with E-state index in [9.17, 15) is 4.79 Å². The van der Waals surface area contributed by atoms with Gasteiger partial charge < -0.3 is 9.88 Å². The summed E-state index contributed by atoms with van der Waals surface area (Å²) in [7, 11) is 0. The molecule has 0 bridgehead atoms. The molecule has 0 saturated carbocycles. The lowest BCUT2D eigenvalue weighted by atomic mass is 10.3. The number of pyridine rings is 1. The monoisotopic (exact) mass is 194 g/mol. The van der Waals surface area contributed by atoms with Gasteiger partial charge in [0.05, 0.1) is 0 Å². The maximum Gasteiger partial charge on any atom is 0.250 e. The zero-order valence-corrected chi connectivity index (χ0v) is 8.86. The summed E-state index contributed by atoms with van der Waals surface area (Å²) in [6, 6.07) is 5.58. The van der Waals surface area contributed by atoms with Crippen LogP contribution >= 0.6 is 0 Å². The number of hydrogen-bond donors (Lipinski definition) is 1. The normalized spacial score (nSPS) is 12.7. The highest BCUT2D eigenvalue weighted by atomic mass is 16.1. The Kier molecular flexibility index (Phi) is 4.40. The summed E-state index contributed by atoms with van der Waals surface area (Å²) < 4.78 is 1.73. The van der Waals surface area contributed by atoms with Crippen molar-refractivity contribution in [3.8, 4) is 0 Å². The standard InChI is InChI=1S/C11H18N2O/c1-3-7-12-10(2)9-13-8-5-4-6-11(13)14/h4-6,8,10,12H,3,7,9H2,1-2H3. The van der Waals surface area contributed by atoms with Crippen molar-refractivity contribution in [1.29, 1.82) is 0 Å². The minimum absolute atomic E-state index is 0.0673. The Bertz CT molecular complexity index is 319. The zero-order chi connectivity index (χ0) is 10.4. The molecule has 0 fully saturated rings. The van der Waals surface area contributed by atoms with Gasteiger partial charge in [0.2, 0.25) is 0 Å². The van der Waals surface area contributed by atoms with Gasteiger partial charge in [0.15, 0.2) is 0 Å². The maximum atomic E-state index is 11.4. The SMILES string of the molecule is CCCNC(C)Cn1ccccc1=O. The molecule has 0 radical (unpaired) electrons. The Morgan fingerprint density at radius 3 is 2.93 bits per heavy atom. The van der Waals surface area contributed by atoms with Crippen molar-refractivity contribution < 1.29 is 0 Å². The average molecular weight is 194 g/mol. The lowest BCUT2D eigenvalue weighted by Crippen LogP contribution is -2.34. The van der Waals surface area contributed by atoms with Gasteiger partial charge in [-0.05, 0) is 26.0 Å². The van der Waals surface area contributed by atoms with Crippen LogP contribution in [0.25, 0.3) is 0 Å². The van der Waals surface area contributed by atoms with Crippen molar-refractivity contribution in [2.24, 2.45) is 0 Å². The molecule has 3 nitrogen and oxygen atoms in total. The van der Waals surface area contributed by atoms with Gasteiger partial charge in [-0.3, -0.25) is 4.79 Å². The molecule has 0 saturated heterocycles. The van der Waals surface area contributed by atoms with Crippen molar-refractivity contribution in [3.05, 3.63) is 34.7 Å². The van der Waals surface area contributed by atoms with E-state index >= 15 is 0 Å². The van der Waals surface area contributed by atoms with Gasteiger partial charge in [0.25, 0.3) is 5.56 Å². The van der Waals surface area contributed by atoms with E-state index in [2.05, 4.69) is 19.2 Å². The molecule has 1 atom stereocenters. The molecule has 1 rings (SSSR count). The first-order chi connectivity index (χ1) is 6.74. The topological polar surface area (TPSA) is 34.0 Å². The van der Waals surface area contributed by atoms with Gasteiger partial charge in [-0.25, -0.2) is 0 Å². The highest BCUT2D eigenvalue weighted by molar-refractivity contribution is 4.93. The van der Waals surface area contributed by atoms with Gasteiger partial charge in [-0.1, -0.05) is 13.0 Å². The molecule has 0 aliphatic carbocycles. The van der Waals surface area contributed by atoms with E-state index in [1.807, 2.05) is 12.3 Å². The smallest absolute Gasteiger partial charge is 0.250 e. The summed E-state index contributed by atoms with van der Waals surface area (Å²) in [6.45, 7) is 5.96. The zero-order valence-electron chi connectivity index (χ0n) is 8.86. The molecule has 0 aliphatic heterocycles. The Labute approximate surface area is 84.8 Å². The second kappa shape index (κ2) is 5.60. The Hall–Kier alpha value is -1.09. The lowest BCUT2D eigenvalue weighted by molar-refractivity contribution is 0.470. The third-order valence-corrected chi connectivity index (χ3v) is 2.11. The van der Waals surface area contributed by atoms with E-state index < -0.39 is 0 Å². The van der Waals surface area contributed by atoms with Crippen molar-refractivity contribution in [2.75, 3.05) is 6.54 Å². The van der Waals surface area contributed by atoms with Crippen LogP contribution in [0.3, 0.4) is 0 Å². The highest BCUT2D eigenvalue weighted by Crippen LogP contribution is 1.89. The molecule has 78 valence electrons. The third kappa shape index (κ3) is 3.34. The fourth-order valence-corrected chi connectivity index (χ4v) is 1.36. The van der Waals surface area contributed by atoms with Crippen LogP contribution in [0.15, 0.2) is 29.2 Å². The third-order valence-electron chi connectivity index (χ3n) is 2.11. The summed E-state index contributed by atoms with van der Waals surface area (Å²) in [5.41, 5.74) is 0.0673. The molecular weight excluding hydrogens is 176 g/mol. The van der Waals surface area contributed by atoms with Crippen LogP contribution in [0.1, 0.15) is 20.3 Å². The largest absolute Gasteiger partial charge is 0.314 e. The molecule has 0 spiro atoms. The number of hydrogen-bond acceptors (Lipinski definition) is 2. The van der Waals surface area contributed by atoms with E-state index in [1.165, 1.54) is 0 Å². The van der Waals surface area contributed by atoms with Crippen LogP contribution in [0.4, 0.5) is 0 Å². The molecule has 14 heavy (non-hydrogen) atoms. The van der Waals surface area contributed by atoms with Crippen molar-refractivity contribution >= 4 is 0 Å². The van der Waals surface area contributed by atoms with Crippen LogP contribution in [0.2, 0.25) is 0 Å². The predicted molar refractivity (Wildman–Crippen MR) is 58.5 cm³/mol. The molecule has 1 N–H and O–H groups in total. The second-order valence-corrected chi connectivity index (χ2v) is 3.55. The van der Waals surface area contributed by atoms with Crippen LogP contribution in [-0.4, -0.2) is 17.2 Å². The van der Waals surface area contributed by atoms with Crippen LogP contribution in [0.5, 0.6) is 0 Å². The number of aromatic nitrogens is 1. The Balaban J connectivity index is 2.52. The lowest BCUT2D eigenvalue weighted by Gasteiger charge is -2.14. The van der Waals surface area contributed by atoms with Crippen LogP contribution < -0.4 is 10.9 Å².